The highest BCUT2D eigenvalue weighted by atomic mass is 16.2. The maximum Gasteiger partial charge on any atom is 0.229 e. The summed E-state index contributed by atoms with van der Waals surface area (Å²) in [7, 11) is 0. The molecular formula is C18H24N2O3. The number of carbonyl (C=O) groups excluding carboxylic acids is 3. The highest BCUT2D eigenvalue weighted by Gasteiger charge is 2.27. The molecule has 1 aliphatic heterocycles. The number of hydrogen-bond acceptors (Lipinski definition) is 3. The molecule has 1 aromatic rings. The fourth-order valence-corrected chi connectivity index (χ4v) is 2.87. The van der Waals surface area contributed by atoms with Crippen LogP contribution in [0.4, 0.5) is 5.69 Å². The van der Waals surface area contributed by atoms with Gasteiger partial charge in [-0.05, 0) is 49.9 Å². The van der Waals surface area contributed by atoms with E-state index in [0.717, 1.165) is 36.1 Å². The Morgan fingerprint density at radius 3 is 2.22 bits per heavy atom. The molecule has 1 saturated heterocycles. The van der Waals surface area contributed by atoms with Gasteiger partial charge in [0.15, 0.2) is 0 Å². The fraction of sp³-hybridized carbons (Fsp3) is 0.500. The summed E-state index contributed by atoms with van der Waals surface area (Å²) in [5.41, 5.74) is 3.08. The van der Waals surface area contributed by atoms with Gasteiger partial charge in [0.05, 0.1) is 0 Å². The van der Waals surface area contributed by atoms with E-state index in [4.69, 9.17) is 0 Å². The van der Waals surface area contributed by atoms with Crippen molar-refractivity contribution in [3.05, 3.63) is 29.3 Å². The van der Waals surface area contributed by atoms with E-state index in [-0.39, 0.29) is 17.7 Å². The van der Waals surface area contributed by atoms with Crippen molar-refractivity contribution in [2.75, 3.05) is 11.9 Å². The average molecular weight is 316 g/mol. The molecule has 0 bridgehead atoms. The number of hydrogen-bond donors (Lipinski definition) is 1. The predicted octanol–water partition coefficient (Wildman–Crippen LogP) is 2.95. The van der Waals surface area contributed by atoms with Crippen molar-refractivity contribution in [2.45, 2.75) is 52.4 Å². The zero-order valence-electron chi connectivity index (χ0n) is 13.9. The quantitative estimate of drug-likeness (QED) is 0.621. The van der Waals surface area contributed by atoms with E-state index in [1.807, 2.05) is 26.0 Å². The van der Waals surface area contributed by atoms with Gasteiger partial charge in [-0.2, -0.15) is 0 Å². The van der Waals surface area contributed by atoms with Crippen molar-refractivity contribution in [2.24, 2.45) is 0 Å². The van der Waals surface area contributed by atoms with Gasteiger partial charge in [0.2, 0.25) is 17.7 Å². The van der Waals surface area contributed by atoms with E-state index in [2.05, 4.69) is 11.4 Å². The Morgan fingerprint density at radius 1 is 1.00 bits per heavy atom. The van der Waals surface area contributed by atoms with Gasteiger partial charge < -0.3 is 5.32 Å². The molecule has 0 saturated carbocycles. The molecule has 3 amide bonds. The highest BCUT2D eigenvalue weighted by Crippen LogP contribution is 2.15. The topological polar surface area (TPSA) is 66.5 Å². The molecule has 5 heteroatoms. The first kappa shape index (κ1) is 17.2. The van der Waals surface area contributed by atoms with Crippen LogP contribution in [0.15, 0.2) is 18.2 Å². The van der Waals surface area contributed by atoms with Crippen LogP contribution in [0.1, 0.15) is 49.7 Å². The van der Waals surface area contributed by atoms with E-state index in [0.29, 0.717) is 25.8 Å². The number of nitrogens with zero attached hydrogens (tertiary/aromatic N) is 1. The lowest BCUT2D eigenvalue weighted by molar-refractivity contribution is -0.138. The molecule has 124 valence electrons. The Morgan fingerprint density at radius 2 is 1.61 bits per heavy atom. The Kier molecular flexibility index (Phi) is 5.90. The van der Waals surface area contributed by atoms with E-state index in [9.17, 15) is 14.4 Å². The highest BCUT2D eigenvalue weighted by molar-refractivity contribution is 6.01. The zero-order chi connectivity index (χ0) is 16.8. The average Bonchev–Trinajstić information content (AvgIpc) is 2.77. The third-order valence-corrected chi connectivity index (χ3v) is 3.95. The van der Waals surface area contributed by atoms with Crippen molar-refractivity contribution in [3.8, 4) is 0 Å². The zero-order valence-corrected chi connectivity index (χ0v) is 13.9. The summed E-state index contributed by atoms with van der Waals surface area (Å²) in [6.45, 7) is 4.49. The van der Waals surface area contributed by atoms with E-state index in [1.165, 1.54) is 4.90 Å². The Balaban J connectivity index is 1.65. The number of anilines is 1. The summed E-state index contributed by atoms with van der Waals surface area (Å²) >= 11 is 0. The Hall–Kier alpha value is -2.17. The van der Waals surface area contributed by atoms with E-state index >= 15 is 0 Å². The van der Waals surface area contributed by atoms with E-state index < -0.39 is 0 Å². The molecule has 0 spiro atoms. The molecular weight excluding hydrogens is 292 g/mol. The minimum absolute atomic E-state index is 0.00308. The first-order valence-electron chi connectivity index (χ1n) is 8.17. The second-order valence-electron chi connectivity index (χ2n) is 6.17. The number of rotatable bonds is 7. The van der Waals surface area contributed by atoms with Gasteiger partial charge in [-0.1, -0.05) is 12.5 Å². The lowest BCUT2D eigenvalue weighted by Gasteiger charge is -2.13. The lowest BCUT2D eigenvalue weighted by atomic mass is 10.1. The Labute approximate surface area is 137 Å². The smallest absolute Gasteiger partial charge is 0.229 e. The van der Waals surface area contributed by atoms with Crippen LogP contribution in [0.5, 0.6) is 0 Å². The third kappa shape index (κ3) is 5.20. The van der Waals surface area contributed by atoms with Gasteiger partial charge in [0.25, 0.3) is 0 Å². The molecule has 1 N–H and O–H groups in total. The molecule has 2 rings (SSSR count). The summed E-state index contributed by atoms with van der Waals surface area (Å²) in [5.74, 6) is -0.131. The molecule has 1 aromatic carbocycles. The SMILES string of the molecule is Cc1cc(C)cc(NC(=O)CCCCCN2C(=O)CCC2=O)c1. The lowest BCUT2D eigenvalue weighted by Crippen LogP contribution is -2.29. The summed E-state index contributed by atoms with van der Waals surface area (Å²) in [6.07, 6.45) is 3.49. The number of amides is 3. The molecule has 1 fully saturated rings. The summed E-state index contributed by atoms with van der Waals surface area (Å²) in [6, 6.07) is 5.97. The van der Waals surface area contributed by atoms with Crippen LogP contribution in [0.2, 0.25) is 0 Å². The van der Waals surface area contributed by atoms with Crippen LogP contribution >= 0.6 is 0 Å². The Bertz CT molecular complexity index is 574. The standard InChI is InChI=1S/C18H24N2O3/c1-13-10-14(2)12-15(11-13)19-16(21)6-4-3-5-9-20-17(22)7-8-18(20)23/h10-12H,3-9H2,1-2H3,(H,19,21). The molecule has 1 aliphatic rings. The minimum atomic E-state index is -0.0671. The molecule has 5 nitrogen and oxygen atoms in total. The molecule has 23 heavy (non-hydrogen) atoms. The van der Waals surface area contributed by atoms with Crippen LogP contribution < -0.4 is 5.32 Å². The van der Waals surface area contributed by atoms with Crippen LogP contribution in [0, 0.1) is 13.8 Å². The molecule has 0 radical (unpaired) electrons. The second kappa shape index (κ2) is 7.90. The molecule has 0 aliphatic carbocycles. The normalized spacial score (nSPS) is 14.4. The predicted molar refractivity (Wildman–Crippen MR) is 89.0 cm³/mol. The number of likely N-dealkylation sites (tertiary alicyclic amines) is 1. The minimum Gasteiger partial charge on any atom is -0.326 e. The van der Waals surface area contributed by atoms with Crippen LogP contribution in [-0.2, 0) is 14.4 Å². The first-order chi connectivity index (χ1) is 11.0. The van der Waals surface area contributed by atoms with Gasteiger partial charge in [0.1, 0.15) is 0 Å². The van der Waals surface area contributed by atoms with Crippen LogP contribution in [0.25, 0.3) is 0 Å². The number of unbranched alkanes of at least 4 members (excludes halogenated alkanes) is 2. The number of imide groups is 1. The number of nitrogens with one attached hydrogen (secondary N) is 1. The number of carbonyl (C=O) groups is 3. The number of aryl methyl sites for hydroxylation is 2. The maximum atomic E-state index is 11.9. The van der Waals surface area contributed by atoms with Crippen molar-refractivity contribution in [1.82, 2.24) is 4.90 Å². The van der Waals surface area contributed by atoms with Gasteiger partial charge in [-0.25, -0.2) is 0 Å². The monoisotopic (exact) mass is 316 g/mol. The largest absolute Gasteiger partial charge is 0.326 e. The van der Waals surface area contributed by atoms with Crippen molar-refractivity contribution < 1.29 is 14.4 Å². The first-order valence-corrected chi connectivity index (χ1v) is 8.17. The molecule has 0 unspecified atom stereocenters. The van der Waals surface area contributed by atoms with Crippen LogP contribution in [-0.4, -0.2) is 29.2 Å². The maximum absolute atomic E-state index is 11.9. The van der Waals surface area contributed by atoms with E-state index in [1.54, 1.807) is 0 Å². The van der Waals surface area contributed by atoms with Gasteiger partial charge in [-0.3, -0.25) is 19.3 Å². The van der Waals surface area contributed by atoms with Gasteiger partial charge in [0, 0.05) is 31.5 Å². The van der Waals surface area contributed by atoms with Gasteiger partial charge in [-0.15, -0.1) is 0 Å². The molecule has 0 atom stereocenters. The number of benzene rings is 1. The molecule has 1 heterocycles. The fourth-order valence-electron chi connectivity index (χ4n) is 2.87. The van der Waals surface area contributed by atoms with Crippen molar-refractivity contribution in [1.29, 1.82) is 0 Å². The summed E-state index contributed by atoms with van der Waals surface area (Å²) in [4.78, 5) is 36.2. The van der Waals surface area contributed by atoms with Gasteiger partial charge >= 0.3 is 0 Å². The summed E-state index contributed by atoms with van der Waals surface area (Å²) < 4.78 is 0. The van der Waals surface area contributed by atoms with Crippen molar-refractivity contribution >= 4 is 23.4 Å². The summed E-state index contributed by atoms with van der Waals surface area (Å²) in [5, 5.41) is 2.91. The third-order valence-electron chi connectivity index (χ3n) is 3.95. The van der Waals surface area contributed by atoms with Crippen molar-refractivity contribution in [3.63, 3.8) is 0 Å². The van der Waals surface area contributed by atoms with Crippen LogP contribution in [0.3, 0.4) is 0 Å². The second-order valence-corrected chi connectivity index (χ2v) is 6.17. The molecule has 0 aromatic heterocycles.